The third-order valence-electron chi connectivity index (χ3n) is 4.24. The number of aldehydes is 1. The Morgan fingerprint density at radius 3 is 2.75 bits per heavy atom. The fourth-order valence-corrected chi connectivity index (χ4v) is 3.27. The topological polar surface area (TPSA) is 26.3 Å². The third kappa shape index (κ3) is 4.34. The summed E-state index contributed by atoms with van der Waals surface area (Å²) < 4.78 is 7.26. The van der Waals surface area contributed by atoms with Crippen molar-refractivity contribution < 1.29 is 9.53 Å². The summed E-state index contributed by atoms with van der Waals surface area (Å²) in [5.41, 5.74) is 1.18. The van der Waals surface area contributed by atoms with Crippen molar-refractivity contribution in [2.24, 2.45) is 5.92 Å². The van der Waals surface area contributed by atoms with Gasteiger partial charge < -0.3 is 9.53 Å². The van der Waals surface area contributed by atoms with Gasteiger partial charge in [0.05, 0.1) is 6.10 Å². The minimum Gasteiger partial charge on any atom is -0.490 e. The third-order valence-corrected chi connectivity index (χ3v) is 5.10. The molecule has 0 aliphatic heterocycles. The molecule has 1 aromatic rings. The van der Waals surface area contributed by atoms with Crippen LogP contribution >= 0.6 is 15.9 Å². The highest BCUT2D eigenvalue weighted by atomic mass is 79.9. The molecule has 0 saturated heterocycles. The average molecular weight is 339 g/mol. The number of carbonyl (C=O) groups excluding carboxylic acids is 1. The van der Waals surface area contributed by atoms with E-state index in [1.807, 2.05) is 12.1 Å². The van der Waals surface area contributed by atoms with E-state index in [4.69, 9.17) is 4.74 Å². The lowest BCUT2D eigenvalue weighted by Crippen LogP contribution is -2.24. The quantitative estimate of drug-likeness (QED) is 0.535. The smallest absolute Gasteiger partial charge is 0.123 e. The van der Waals surface area contributed by atoms with Crippen LogP contribution in [0.5, 0.6) is 5.75 Å². The first-order chi connectivity index (χ1) is 9.70. The van der Waals surface area contributed by atoms with Crippen LogP contribution < -0.4 is 4.74 Å². The number of benzene rings is 1. The number of rotatable bonds is 6. The summed E-state index contributed by atoms with van der Waals surface area (Å²) in [6, 6.07) is 6.12. The van der Waals surface area contributed by atoms with Gasteiger partial charge in [0.25, 0.3) is 0 Å². The monoisotopic (exact) mass is 338 g/mol. The second-order valence-electron chi connectivity index (χ2n) is 5.72. The molecule has 1 saturated carbocycles. The molecule has 110 valence electrons. The number of hydrogen-bond donors (Lipinski definition) is 0. The molecular weight excluding hydrogens is 316 g/mol. The van der Waals surface area contributed by atoms with Gasteiger partial charge in [-0.3, -0.25) is 0 Å². The molecule has 1 aliphatic carbocycles. The van der Waals surface area contributed by atoms with Gasteiger partial charge in [-0.1, -0.05) is 28.4 Å². The maximum Gasteiger partial charge on any atom is 0.123 e. The molecular formula is C17H23BrO2. The van der Waals surface area contributed by atoms with Crippen molar-refractivity contribution in [1.82, 2.24) is 0 Å². The van der Waals surface area contributed by atoms with E-state index in [9.17, 15) is 4.79 Å². The Hall–Kier alpha value is -0.830. The zero-order valence-corrected chi connectivity index (χ0v) is 13.7. The predicted octanol–water partition coefficient (Wildman–Crippen LogP) is 5.06. The Bertz CT molecular complexity index is 437. The van der Waals surface area contributed by atoms with Crippen LogP contribution in [0.2, 0.25) is 0 Å². The van der Waals surface area contributed by atoms with Gasteiger partial charge in [0.1, 0.15) is 12.0 Å². The highest BCUT2D eigenvalue weighted by Crippen LogP contribution is 2.33. The van der Waals surface area contributed by atoms with Crippen molar-refractivity contribution in [3.8, 4) is 5.75 Å². The van der Waals surface area contributed by atoms with Crippen LogP contribution in [-0.2, 0) is 4.79 Å². The highest BCUT2D eigenvalue weighted by molar-refractivity contribution is 9.10. The minimum absolute atomic E-state index is 0.352. The van der Waals surface area contributed by atoms with Crippen LogP contribution in [0.25, 0.3) is 0 Å². The predicted molar refractivity (Wildman–Crippen MR) is 85.2 cm³/mol. The molecule has 0 aromatic heterocycles. The summed E-state index contributed by atoms with van der Waals surface area (Å²) in [5, 5.41) is 0. The lowest BCUT2D eigenvalue weighted by atomic mass is 9.84. The molecule has 2 rings (SSSR count). The Balaban J connectivity index is 1.79. The average Bonchev–Trinajstić information content (AvgIpc) is 2.46. The van der Waals surface area contributed by atoms with E-state index in [-0.39, 0.29) is 0 Å². The molecule has 1 aliphatic rings. The second-order valence-corrected chi connectivity index (χ2v) is 6.58. The Kier molecular flexibility index (Phi) is 6.08. The molecule has 0 bridgehead atoms. The van der Waals surface area contributed by atoms with Crippen molar-refractivity contribution in [2.45, 2.75) is 58.0 Å². The molecule has 0 unspecified atom stereocenters. The number of ether oxygens (including phenoxy) is 1. The summed E-state index contributed by atoms with van der Waals surface area (Å²) in [6.07, 6.45) is 9.08. The Labute approximate surface area is 130 Å². The van der Waals surface area contributed by atoms with Gasteiger partial charge in [0, 0.05) is 16.5 Å². The fourth-order valence-electron chi connectivity index (χ4n) is 2.92. The van der Waals surface area contributed by atoms with Gasteiger partial charge in [-0.05, 0) is 57.1 Å². The lowest BCUT2D eigenvalue weighted by molar-refractivity contribution is -0.108. The minimum atomic E-state index is 0.352. The number of carbonyl (C=O) groups is 1. The Morgan fingerprint density at radius 2 is 2.05 bits per heavy atom. The van der Waals surface area contributed by atoms with E-state index in [1.54, 1.807) is 0 Å². The molecule has 3 heteroatoms. The first kappa shape index (κ1) is 15.6. The zero-order valence-electron chi connectivity index (χ0n) is 12.1. The first-order valence-electron chi connectivity index (χ1n) is 7.56. The largest absolute Gasteiger partial charge is 0.490 e. The van der Waals surface area contributed by atoms with Gasteiger partial charge in [-0.25, -0.2) is 0 Å². The molecule has 0 radical (unpaired) electrons. The lowest BCUT2D eigenvalue weighted by Gasteiger charge is -2.29. The van der Waals surface area contributed by atoms with Crippen LogP contribution in [0.4, 0.5) is 0 Å². The molecule has 20 heavy (non-hydrogen) atoms. The maximum atomic E-state index is 10.3. The maximum absolute atomic E-state index is 10.3. The molecule has 0 atom stereocenters. The van der Waals surface area contributed by atoms with E-state index in [0.29, 0.717) is 12.5 Å². The van der Waals surface area contributed by atoms with E-state index in [0.717, 1.165) is 41.7 Å². The van der Waals surface area contributed by atoms with E-state index < -0.39 is 0 Å². The number of hydrogen-bond acceptors (Lipinski definition) is 2. The number of halogens is 1. The van der Waals surface area contributed by atoms with Crippen molar-refractivity contribution in [3.05, 3.63) is 28.2 Å². The van der Waals surface area contributed by atoms with Gasteiger partial charge >= 0.3 is 0 Å². The molecule has 0 heterocycles. The normalized spacial score (nSPS) is 22.5. The zero-order chi connectivity index (χ0) is 14.4. The summed E-state index contributed by atoms with van der Waals surface area (Å²) >= 11 is 3.55. The molecule has 1 aromatic carbocycles. The SMILES string of the molecule is Cc1c(Br)cccc1OC1CCC(CCCC=O)CC1. The molecule has 0 N–H and O–H groups in total. The second kappa shape index (κ2) is 7.82. The molecule has 0 spiro atoms. The summed E-state index contributed by atoms with van der Waals surface area (Å²) in [6.45, 7) is 2.09. The fraction of sp³-hybridized carbons (Fsp3) is 0.588. The number of unbranched alkanes of at least 4 members (excludes halogenated alkanes) is 1. The van der Waals surface area contributed by atoms with E-state index >= 15 is 0 Å². The summed E-state index contributed by atoms with van der Waals surface area (Å²) in [7, 11) is 0. The van der Waals surface area contributed by atoms with Crippen LogP contribution in [0.3, 0.4) is 0 Å². The van der Waals surface area contributed by atoms with Gasteiger partial charge in [0.2, 0.25) is 0 Å². The van der Waals surface area contributed by atoms with Crippen molar-refractivity contribution in [1.29, 1.82) is 0 Å². The van der Waals surface area contributed by atoms with Gasteiger partial charge in [-0.15, -0.1) is 0 Å². The van der Waals surface area contributed by atoms with Gasteiger partial charge in [-0.2, -0.15) is 0 Å². The van der Waals surface area contributed by atoms with Crippen LogP contribution in [0, 0.1) is 12.8 Å². The van der Waals surface area contributed by atoms with Crippen molar-refractivity contribution in [3.63, 3.8) is 0 Å². The van der Waals surface area contributed by atoms with E-state index in [2.05, 4.69) is 28.9 Å². The van der Waals surface area contributed by atoms with Crippen molar-refractivity contribution >= 4 is 22.2 Å². The molecule has 2 nitrogen and oxygen atoms in total. The summed E-state index contributed by atoms with van der Waals surface area (Å²) in [4.78, 5) is 10.3. The van der Waals surface area contributed by atoms with Gasteiger partial charge in [0.15, 0.2) is 0 Å². The Morgan fingerprint density at radius 1 is 1.30 bits per heavy atom. The standard InChI is InChI=1S/C17H23BrO2/c1-13-16(18)6-4-7-17(13)20-15-10-8-14(9-11-15)5-2-3-12-19/h4,6-7,12,14-15H,2-3,5,8-11H2,1H3. The highest BCUT2D eigenvalue weighted by Gasteiger charge is 2.22. The molecule has 1 fully saturated rings. The van der Waals surface area contributed by atoms with Crippen LogP contribution in [-0.4, -0.2) is 12.4 Å². The first-order valence-corrected chi connectivity index (χ1v) is 8.35. The molecule has 0 amide bonds. The van der Waals surface area contributed by atoms with E-state index in [1.165, 1.54) is 24.8 Å². The van der Waals surface area contributed by atoms with Crippen molar-refractivity contribution in [2.75, 3.05) is 0 Å². The van der Waals surface area contributed by atoms with Crippen LogP contribution in [0.15, 0.2) is 22.7 Å². The summed E-state index contributed by atoms with van der Waals surface area (Å²) in [5.74, 6) is 1.79. The van der Waals surface area contributed by atoms with Crippen LogP contribution in [0.1, 0.15) is 50.5 Å².